The summed E-state index contributed by atoms with van der Waals surface area (Å²) in [6.45, 7) is 7.39. The van der Waals surface area contributed by atoms with E-state index in [0.29, 0.717) is 28.4 Å². The van der Waals surface area contributed by atoms with Gasteiger partial charge in [-0.2, -0.15) is 0 Å². The van der Waals surface area contributed by atoms with E-state index in [-0.39, 0.29) is 0 Å². The first-order valence-electron chi connectivity index (χ1n) is 7.49. The number of fused-ring (bicyclic) bond motifs is 2. The summed E-state index contributed by atoms with van der Waals surface area (Å²) in [5.74, 6) is 2.58. The van der Waals surface area contributed by atoms with Crippen LogP contribution >= 0.6 is 0 Å². The zero-order valence-electron chi connectivity index (χ0n) is 11.6. The van der Waals surface area contributed by atoms with Crippen LogP contribution in [0.2, 0.25) is 0 Å². The highest BCUT2D eigenvalue weighted by atomic mass is 16.1. The molecule has 3 aliphatic rings. The minimum Gasteiger partial charge on any atom is -0.299 e. The highest BCUT2D eigenvalue weighted by Gasteiger charge is 2.63. The normalized spacial score (nSPS) is 48.6. The van der Waals surface area contributed by atoms with Gasteiger partial charge in [0.25, 0.3) is 0 Å². The molecule has 0 radical (unpaired) electrons. The predicted molar refractivity (Wildman–Crippen MR) is 69.7 cm³/mol. The summed E-state index contributed by atoms with van der Waals surface area (Å²) in [6, 6.07) is 0. The fraction of sp³-hybridized carbons (Fsp3) is 0.938. The van der Waals surface area contributed by atoms with Gasteiger partial charge in [-0.1, -0.05) is 27.2 Å². The summed E-state index contributed by atoms with van der Waals surface area (Å²) in [7, 11) is 0. The quantitative estimate of drug-likeness (QED) is 0.664. The second-order valence-electron chi connectivity index (χ2n) is 7.54. The smallest absolute Gasteiger partial charge is 0.136 e. The van der Waals surface area contributed by atoms with Crippen molar-refractivity contribution in [1.29, 1.82) is 0 Å². The Balaban J connectivity index is 1.88. The molecule has 0 saturated heterocycles. The lowest BCUT2D eigenvalue weighted by Crippen LogP contribution is -2.39. The maximum Gasteiger partial charge on any atom is 0.136 e. The molecule has 3 rings (SSSR count). The first-order chi connectivity index (χ1) is 7.97. The maximum absolute atomic E-state index is 12.2. The van der Waals surface area contributed by atoms with Crippen LogP contribution in [0.25, 0.3) is 0 Å². The summed E-state index contributed by atoms with van der Waals surface area (Å²) >= 11 is 0. The van der Waals surface area contributed by atoms with Crippen LogP contribution in [0.4, 0.5) is 0 Å². The lowest BCUT2D eigenvalue weighted by atomic mass is 9.61. The van der Waals surface area contributed by atoms with Crippen LogP contribution in [0, 0.1) is 28.6 Å². The fourth-order valence-electron chi connectivity index (χ4n) is 5.31. The predicted octanol–water partition coefficient (Wildman–Crippen LogP) is 4.21. The van der Waals surface area contributed by atoms with E-state index in [1.165, 1.54) is 32.1 Å². The van der Waals surface area contributed by atoms with E-state index in [0.717, 1.165) is 18.8 Å². The molecule has 1 heteroatoms. The Morgan fingerprint density at radius 3 is 2.41 bits per heavy atom. The Kier molecular flexibility index (Phi) is 2.48. The van der Waals surface area contributed by atoms with Crippen molar-refractivity contribution >= 4 is 5.78 Å². The molecule has 0 heterocycles. The Hall–Kier alpha value is -0.330. The molecule has 0 aromatic heterocycles. The monoisotopic (exact) mass is 234 g/mol. The summed E-state index contributed by atoms with van der Waals surface area (Å²) < 4.78 is 0. The standard InChI is InChI=1S/C16H26O/c1-15(2)11-8-9-16(15,3)13(10-11)12-6-4-5-7-14(12)17/h11-13H,4-10H2,1-3H3/t11-,12+,13-,16+/m0/s1. The number of Topliss-reactive ketones (excluding diaryl/α,β-unsaturated/α-hetero) is 1. The third kappa shape index (κ3) is 1.40. The zero-order chi connectivity index (χ0) is 12.3. The van der Waals surface area contributed by atoms with Crippen molar-refractivity contribution in [3.05, 3.63) is 0 Å². The van der Waals surface area contributed by atoms with Crippen molar-refractivity contribution in [2.75, 3.05) is 0 Å². The highest BCUT2D eigenvalue weighted by Crippen LogP contribution is 2.70. The number of hydrogen-bond donors (Lipinski definition) is 0. The van der Waals surface area contributed by atoms with Crippen LogP contribution in [-0.2, 0) is 4.79 Å². The molecule has 3 fully saturated rings. The van der Waals surface area contributed by atoms with Crippen molar-refractivity contribution < 1.29 is 4.79 Å². The van der Waals surface area contributed by atoms with Crippen molar-refractivity contribution in [3.63, 3.8) is 0 Å². The van der Waals surface area contributed by atoms with E-state index >= 15 is 0 Å². The summed E-state index contributed by atoms with van der Waals surface area (Å²) in [5, 5.41) is 0. The molecule has 3 saturated carbocycles. The van der Waals surface area contributed by atoms with Crippen molar-refractivity contribution in [1.82, 2.24) is 0 Å². The molecule has 96 valence electrons. The molecule has 0 aromatic rings. The van der Waals surface area contributed by atoms with E-state index in [9.17, 15) is 4.79 Å². The zero-order valence-corrected chi connectivity index (χ0v) is 11.6. The third-order valence-electron chi connectivity index (χ3n) is 6.95. The van der Waals surface area contributed by atoms with Gasteiger partial charge >= 0.3 is 0 Å². The van der Waals surface area contributed by atoms with E-state index in [1.54, 1.807) is 0 Å². The highest BCUT2D eigenvalue weighted by molar-refractivity contribution is 5.82. The number of hydrogen-bond acceptors (Lipinski definition) is 1. The molecule has 0 aromatic carbocycles. The number of rotatable bonds is 1. The van der Waals surface area contributed by atoms with Crippen molar-refractivity contribution in [3.8, 4) is 0 Å². The van der Waals surface area contributed by atoms with Crippen LogP contribution in [0.1, 0.15) is 65.7 Å². The van der Waals surface area contributed by atoms with Crippen LogP contribution in [0.3, 0.4) is 0 Å². The average molecular weight is 234 g/mol. The largest absolute Gasteiger partial charge is 0.299 e. The average Bonchev–Trinajstić information content (AvgIpc) is 2.62. The Labute approximate surface area is 105 Å². The van der Waals surface area contributed by atoms with Gasteiger partial charge in [0.1, 0.15) is 5.78 Å². The lowest BCUT2D eigenvalue weighted by Gasteiger charge is -2.43. The van der Waals surface area contributed by atoms with Gasteiger partial charge < -0.3 is 0 Å². The van der Waals surface area contributed by atoms with Crippen LogP contribution in [-0.4, -0.2) is 5.78 Å². The first-order valence-corrected chi connectivity index (χ1v) is 7.49. The SMILES string of the molecule is CC1(C)[C@H]2CC[C@]1(C)[C@H]([C@H]1CCCCC1=O)C2. The number of carbonyl (C=O) groups excluding carboxylic acids is 1. The fourth-order valence-corrected chi connectivity index (χ4v) is 5.31. The van der Waals surface area contributed by atoms with Gasteiger partial charge in [-0.05, 0) is 54.8 Å². The van der Waals surface area contributed by atoms with Crippen LogP contribution < -0.4 is 0 Å². The molecule has 0 amide bonds. The molecule has 2 bridgehead atoms. The Morgan fingerprint density at radius 1 is 1.12 bits per heavy atom. The van der Waals surface area contributed by atoms with E-state index in [4.69, 9.17) is 0 Å². The topological polar surface area (TPSA) is 17.1 Å². The van der Waals surface area contributed by atoms with Gasteiger partial charge in [-0.15, -0.1) is 0 Å². The second kappa shape index (κ2) is 3.59. The summed E-state index contributed by atoms with van der Waals surface area (Å²) in [4.78, 5) is 12.2. The van der Waals surface area contributed by atoms with E-state index in [1.807, 2.05) is 0 Å². The molecule has 17 heavy (non-hydrogen) atoms. The van der Waals surface area contributed by atoms with E-state index < -0.39 is 0 Å². The van der Waals surface area contributed by atoms with Gasteiger partial charge in [0.2, 0.25) is 0 Å². The van der Waals surface area contributed by atoms with Crippen LogP contribution in [0.5, 0.6) is 0 Å². The molecule has 0 N–H and O–H groups in total. The van der Waals surface area contributed by atoms with Gasteiger partial charge in [0, 0.05) is 12.3 Å². The lowest BCUT2D eigenvalue weighted by molar-refractivity contribution is -0.128. The van der Waals surface area contributed by atoms with Crippen LogP contribution in [0.15, 0.2) is 0 Å². The minimum atomic E-state index is 0.415. The maximum atomic E-state index is 12.2. The molecular formula is C16H26O. The minimum absolute atomic E-state index is 0.415. The van der Waals surface area contributed by atoms with Crippen molar-refractivity contribution in [2.24, 2.45) is 28.6 Å². The summed E-state index contributed by atoms with van der Waals surface area (Å²) in [6.07, 6.45) is 8.57. The van der Waals surface area contributed by atoms with Gasteiger partial charge in [0.05, 0.1) is 0 Å². The molecule has 3 aliphatic carbocycles. The Morgan fingerprint density at radius 2 is 1.88 bits per heavy atom. The molecule has 0 spiro atoms. The second-order valence-corrected chi connectivity index (χ2v) is 7.54. The van der Waals surface area contributed by atoms with E-state index in [2.05, 4.69) is 20.8 Å². The van der Waals surface area contributed by atoms with Crippen molar-refractivity contribution in [2.45, 2.75) is 65.7 Å². The molecule has 0 unspecified atom stereocenters. The Bertz CT molecular complexity index is 343. The number of ketones is 1. The molecule has 4 atom stereocenters. The van der Waals surface area contributed by atoms with Gasteiger partial charge in [-0.3, -0.25) is 4.79 Å². The summed E-state index contributed by atoms with van der Waals surface area (Å²) in [5.41, 5.74) is 0.907. The molecule has 0 aliphatic heterocycles. The third-order valence-corrected chi connectivity index (χ3v) is 6.95. The van der Waals surface area contributed by atoms with Gasteiger partial charge in [-0.25, -0.2) is 0 Å². The molecule has 1 nitrogen and oxygen atoms in total. The number of carbonyl (C=O) groups is 1. The molecular weight excluding hydrogens is 208 g/mol. The first kappa shape index (κ1) is 11.7. The van der Waals surface area contributed by atoms with Gasteiger partial charge in [0.15, 0.2) is 0 Å².